The van der Waals surface area contributed by atoms with Crippen molar-refractivity contribution in [1.29, 1.82) is 0 Å². The molecule has 1 aromatic rings. The van der Waals surface area contributed by atoms with Gasteiger partial charge in [-0.2, -0.15) is 4.98 Å². The van der Waals surface area contributed by atoms with Gasteiger partial charge in [-0.3, -0.25) is 4.79 Å². The molecule has 0 radical (unpaired) electrons. The van der Waals surface area contributed by atoms with Crippen LogP contribution >= 0.6 is 0 Å². The number of aromatic nitrogens is 2. The number of carboxylic acids is 1. The van der Waals surface area contributed by atoms with Gasteiger partial charge in [-0.05, 0) is 0 Å². The molecule has 0 saturated heterocycles. The molecule has 6 nitrogen and oxygen atoms in total. The van der Waals surface area contributed by atoms with E-state index in [0.717, 1.165) is 0 Å². The number of hydrogen-bond donors (Lipinski definition) is 3. The van der Waals surface area contributed by atoms with E-state index in [4.69, 9.17) is 16.6 Å². The first-order chi connectivity index (χ1) is 5.59. The maximum atomic E-state index is 10.3. The summed E-state index contributed by atoms with van der Waals surface area (Å²) in [6.07, 6.45) is 1.12. The Kier molecular flexibility index (Phi) is 2.09. The first-order valence-electron chi connectivity index (χ1n) is 3.18. The van der Waals surface area contributed by atoms with Crippen molar-refractivity contribution in [2.24, 2.45) is 0 Å². The molecular formula is C6H8N4O2. The monoisotopic (exact) mass is 168 g/mol. The Balaban J connectivity index is 2.93. The molecule has 6 heteroatoms. The van der Waals surface area contributed by atoms with Gasteiger partial charge in [-0.1, -0.05) is 0 Å². The molecule has 0 aromatic carbocycles. The quantitative estimate of drug-likeness (QED) is 0.536. The van der Waals surface area contributed by atoms with E-state index in [0.29, 0.717) is 5.56 Å². The summed E-state index contributed by atoms with van der Waals surface area (Å²) in [7, 11) is 0. The Morgan fingerprint density at radius 3 is 2.75 bits per heavy atom. The minimum Gasteiger partial charge on any atom is -0.481 e. The van der Waals surface area contributed by atoms with E-state index in [-0.39, 0.29) is 18.2 Å². The van der Waals surface area contributed by atoms with Gasteiger partial charge in [-0.25, -0.2) is 4.98 Å². The normalized spacial score (nSPS) is 9.67. The zero-order valence-electron chi connectivity index (χ0n) is 6.19. The standard InChI is InChI=1S/C6H8N4O2/c7-5-3(1-4(11)12)2-9-6(8)10-5/h2H,1H2,(H,11,12)(H4,7,8,9,10). The van der Waals surface area contributed by atoms with Gasteiger partial charge in [0.15, 0.2) is 0 Å². The molecule has 0 aliphatic rings. The number of nitrogens with zero attached hydrogens (tertiary/aromatic N) is 2. The molecule has 1 rings (SSSR count). The zero-order chi connectivity index (χ0) is 9.14. The molecule has 12 heavy (non-hydrogen) atoms. The fourth-order valence-electron chi connectivity index (χ4n) is 0.733. The van der Waals surface area contributed by atoms with Crippen LogP contribution in [0.4, 0.5) is 11.8 Å². The number of rotatable bonds is 2. The van der Waals surface area contributed by atoms with E-state index in [1.54, 1.807) is 0 Å². The lowest BCUT2D eigenvalue weighted by atomic mass is 10.2. The second-order valence-corrected chi connectivity index (χ2v) is 2.21. The number of anilines is 2. The van der Waals surface area contributed by atoms with Crippen molar-refractivity contribution in [3.63, 3.8) is 0 Å². The SMILES string of the molecule is Nc1ncc(CC(=O)O)c(N)n1. The number of carbonyl (C=O) groups is 1. The first kappa shape index (κ1) is 8.25. The van der Waals surface area contributed by atoms with Gasteiger partial charge < -0.3 is 16.6 Å². The van der Waals surface area contributed by atoms with Gasteiger partial charge in [-0.15, -0.1) is 0 Å². The van der Waals surface area contributed by atoms with Crippen LogP contribution in [0.15, 0.2) is 6.20 Å². The molecule has 0 aliphatic heterocycles. The number of nitrogen functional groups attached to an aromatic ring is 2. The molecule has 0 fully saturated rings. The van der Waals surface area contributed by atoms with Crippen LogP contribution < -0.4 is 11.5 Å². The predicted octanol–water partition coefficient (Wildman–Crippen LogP) is -0.732. The Labute approximate surface area is 68.2 Å². The van der Waals surface area contributed by atoms with Crippen LogP contribution in [0.3, 0.4) is 0 Å². The fourth-order valence-corrected chi connectivity index (χ4v) is 0.733. The maximum absolute atomic E-state index is 10.3. The van der Waals surface area contributed by atoms with Crippen LogP contribution in [0.2, 0.25) is 0 Å². The van der Waals surface area contributed by atoms with E-state index in [2.05, 4.69) is 9.97 Å². The predicted molar refractivity (Wildman–Crippen MR) is 42.2 cm³/mol. The van der Waals surface area contributed by atoms with Gasteiger partial charge >= 0.3 is 5.97 Å². The molecule has 1 heterocycles. The topological polar surface area (TPSA) is 115 Å². The summed E-state index contributed by atoms with van der Waals surface area (Å²) in [5.41, 5.74) is 11.0. The summed E-state index contributed by atoms with van der Waals surface area (Å²) in [5.74, 6) is -0.818. The number of nitrogens with two attached hydrogens (primary N) is 2. The van der Waals surface area contributed by atoms with Crippen molar-refractivity contribution < 1.29 is 9.90 Å². The third kappa shape index (κ3) is 1.82. The van der Waals surface area contributed by atoms with Gasteiger partial charge in [0.2, 0.25) is 5.95 Å². The van der Waals surface area contributed by atoms with Crippen LogP contribution in [-0.4, -0.2) is 21.0 Å². The molecule has 0 aliphatic carbocycles. The van der Waals surface area contributed by atoms with Crippen LogP contribution in [0.5, 0.6) is 0 Å². The molecule has 0 amide bonds. The fraction of sp³-hybridized carbons (Fsp3) is 0.167. The van der Waals surface area contributed by atoms with Crippen molar-refractivity contribution in [2.45, 2.75) is 6.42 Å². The third-order valence-corrected chi connectivity index (χ3v) is 1.26. The summed E-state index contributed by atoms with van der Waals surface area (Å²) < 4.78 is 0. The second kappa shape index (κ2) is 3.04. The van der Waals surface area contributed by atoms with E-state index >= 15 is 0 Å². The Hall–Kier alpha value is -1.85. The van der Waals surface area contributed by atoms with Crippen molar-refractivity contribution in [3.8, 4) is 0 Å². The summed E-state index contributed by atoms with van der Waals surface area (Å²) in [5, 5.41) is 8.42. The Bertz CT molecular complexity index is 312. The average Bonchev–Trinajstić information content (AvgIpc) is 1.94. The molecule has 0 saturated carbocycles. The molecule has 0 bridgehead atoms. The lowest BCUT2D eigenvalue weighted by Crippen LogP contribution is -2.07. The van der Waals surface area contributed by atoms with Gasteiger partial charge in [0.05, 0.1) is 6.42 Å². The highest BCUT2D eigenvalue weighted by Gasteiger charge is 2.06. The van der Waals surface area contributed by atoms with Crippen molar-refractivity contribution >= 4 is 17.7 Å². The summed E-state index contributed by atoms with van der Waals surface area (Å²) in [6.45, 7) is 0. The second-order valence-electron chi connectivity index (χ2n) is 2.21. The van der Waals surface area contributed by atoms with Crippen LogP contribution in [-0.2, 0) is 11.2 Å². The van der Waals surface area contributed by atoms with E-state index in [1.807, 2.05) is 0 Å². The van der Waals surface area contributed by atoms with E-state index in [9.17, 15) is 4.79 Å². The van der Waals surface area contributed by atoms with E-state index in [1.165, 1.54) is 6.20 Å². The highest BCUT2D eigenvalue weighted by atomic mass is 16.4. The van der Waals surface area contributed by atoms with Gasteiger partial charge in [0, 0.05) is 11.8 Å². The average molecular weight is 168 g/mol. The molecular weight excluding hydrogens is 160 g/mol. The van der Waals surface area contributed by atoms with E-state index < -0.39 is 5.97 Å². The van der Waals surface area contributed by atoms with Crippen molar-refractivity contribution in [1.82, 2.24) is 9.97 Å². The first-order valence-corrected chi connectivity index (χ1v) is 3.18. The summed E-state index contributed by atoms with van der Waals surface area (Å²) in [4.78, 5) is 17.5. The van der Waals surface area contributed by atoms with Crippen LogP contribution in [0.25, 0.3) is 0 Å². The molecule has 1 aromatic heterocycles. The number of hydrogen-bond acceptors (Lipinski definition) is 5. The molecule has 64 valence electrons. The number of carboxylic acid groups (broad SMARTS) is 1. The summed E-state index contributed by atoms with van der Waals surface area (Å²) in [6, 6.07) is 0. The maximum Gasteiger partial charge on any atom is 0.308 e. The highest BCUT2D eigenvalue weighted by Crippen LogP contribution is 2.08. The smallest absolute Gasteiger partial charge is 0.308 e. The minimum absolute atomic E-state index is 0.0432. The highest BCUT2D eigenvalue weighted by molar-refractivity contribution is 5.72. The zero-order valence-corrected chi connectivity index (χ0v) is 6.19. The lowest BCUT2D eigenvalue weighted by molar-refractivity contribution is -0.136. The largest absolute Gasteiger partial charge is 0.481 e. The van der Waals surface area contributed by atoms with Crippen molar-refractivity contribution in [3.05, 3.63) is 11.8 Å². The Morgan fingerprint density at radius 2 is 2.25 bits per heavy atom. The lowest BCUT2D eigenvalue weighted by Gasteiger charge is -2.00. The van der Waals surface area contributed by atoms with Crippen molar-refractivity contribution in [2.75, 3.05) is 11.5 Å². The Morgan fingerprint density at radius 1 is 1.58 bits per heavy atom. The van der Waals surface area contributed by atoms with Crippen LogP contribution in [0, 0.1) is 0 Å². The van der Waals surface area contributed by atoms with Crippen LogP contribution in [0.1, 0.15) is 5.56 Å². The minimum atomic E-state index is -0.977. The molecule has 5 N–H and O–H groups in total. The summed E-state index contributed by atoms with van der Waals surface area (Å²) >= 11 is 0. The third-order valence-electron chi connectivity index (χ3n) is 1.26. The molecule has 0 unspecified atom stereocenters. The molecule has 0 spiro atoms. The molecule has 0 atom stereocenters. The van der Waals surface area contributed by atoms with Gasteiger partial charge in [0.25, 0.3) is 0 Å². The number of aliphatic carboxylic acids is 1. The van der Waals surface area contributed by atoms with Gasteiger partial charge in [0.1, 0.15) is 5.82 Å².